The lowest BCUT2D eigenvalue weighted by molar-refractivity contribution is 0.293. The molecule has 1 aromatic heterocycles. The third-order valence-corrected chi connectivity index (χ3v) is 6.83. The Balaban J connectivity index is 2.08. The number of hydrogen-bond donors (Lipinski definition) is 1. The Morgan fingerprint density at radius 3 is 2.40 bits per heavy atom. The lowest BCUT2D eigenvalue weighted by atomic mass is 9.65. The first-order valence-corrected chi connectivity index (χ1v) is 11.2. The van der Waals surface area contributed by atoms with Crippen LogP contribution in [0, 0.1) is 5.82 Å². The van der Waals surface area contributed by atoms with Gasteiger partial charge in [-0.05, 0) is 32.0 Å². The van der Waals surface area contributed by atoms with Crippen LogP contribution in [-0.2, 0) is 21.3 Å². The van der Waals surface area contributed by atoms with Crippen LogP contribution in [0.2, 0.25) is 0 Å². The molecule has 30 heavy (non-hydrogen) atoms. The van der Waals surface area contributed by atoms with Gasteiger partial charge in [0.1, 0.15) is 11.6 Å². The van der Waals surface area contributed by atoms with Crippen LogP contribution in [0.4, 0.5) is 4.39 Å². The Hall–Kier alpha value is -2.64. The predicted molar refractivity (Wildman–Crippen MR) is 116 cm³/mol. The molecule has 0 radical (unpaired) electrons. The number of benzene rings is 2. The lowest BCUT2D eigenvalue weighted by Gasteiger charge is -2.44. The molecule has 0 bridgehead atoms. The summed E-state index contributed by atoms with van der Waals surface area (Å²) in [7, 11) is -4.34. The highest BCUT2D eigenvalue weighted by molar-refractivity contribution is 7.85. The maximum atomic E-state index is 15.0. The first-order chi connectivity index (χ1) is 13.9. The van der Waals surface area contributed by atoms with Crippen molar-refractivity contribution in [1.29, 1.82) is 0 Å². The molecule has 0 atom stereocenters. The molecule has 0 unspecified atom stereocenters. The van der Waals surface area contributed by atoms with Crippen LogP contribution < -0.4 is 0 Å². The van der Waals surface area contributed by atoms with Crippen LogP contribution in [0.15, 0.2) is 53.5 Å². The van der Waals surface area contributed by atoms with E-state index in [4.69, 9.17) is 4.99 Å². The van der Waals surface area contributed by atoms with Crippen LogP contribution in [0.3, 0.4) is 0 Å². The number of hydrogen-bond acceptors (Lipinski definition) is 4. The molecule has 7 heteroatoms. The topological polar surface area (TPSA) is 79.6 Å². The van der Waals surface area contributed by atoms with Gasteiger partial charge in [-0.1, -0.05) is 44.2 Å². The van der Waals surface area contributed by atoms with Gasteiger partial charge in [-0.15, -0.1) is 0 Å². The molecule has 1 aliphatic rings. The standard InChI is InChI=1S/C23H23FN2O3S/c1-22(2)20-15(9-7-10-17(20)24)21(26-23(22,3)4)16-12-14-8-5-6-11-18(14)25-19(16)13-30(27,28)29/h5-12H,13H2,1-4H3,(H,27,28,29). The second-order valence-electron chi connectivity index (χ2n) is 8.71. The van der Waals surface area contributed by atoms with Crippen molar-refractivity contribution in [2.75, 3.05) is 0 Å². The van der Waals surface area contributed by atoms with Gasteiger partial charge in [0.25, 0.3) is 10.1 Å². The van der Waals surface area contributed by atoms with Gasteiger partial charge in [0, 0.05) is 27.5 Å². The van der Waals surface area contributed by atoms with Gasteiger partial charge >= 0.3 is 0 Å². The predicted octanol–water partition coefficient (Wildman–Crippen LogP) is 4.67. The number of aliphatic imine (C=N–C) groups is 1. The van der Waals surface area contributed by atoms with Crippen LogP contribution in [0.5, 0.6) is 0 Å². The summed E-state index contributed by atoms with van der Waals surface area (Å²) < 4.78 is 48.0. The molecule has 0 spiro atoms. The Morgan fingerprint density at radius 2 is 1.70 bits per heavy atom. The van der Waals surface area contributed by atoms with Crippen LogP contribution >= 0.6 is 0 Å². The summed E-state index contributed by atoms with van der Waals surface area (Å²) in [6.07, 6.45) is 0. The van der Waals surface area contributed by atoms with Crippen molar-refractivity contribution in [3.05, 3.63) is 76.7 Å². The summed E-state index contributed by atoms with van der Waals surface area (Å²) in [4.78, 5) is 9.45. The summed E-state index contributed by atoms with van der Waals surface area (Å²) in [5.74, 6) is -0.983. The molecule has 4 rings (SSSR count). The number of para-hydroxylation sites is 1. The molecule has 3 aromatic rings. The maximum absolute atomic E-state index is 15.0. The molecule has 5 nitrogen and oxygen atoms in total. The highest BCUT2D eigenvalue weighted by atomic mass is 32.2. The fourth-order valence-corrected chi connectivity index (χ4v) is 4.56. The summed E-state index contributed by atoms with van der Waals surface area (Å²) in [6.45, 7) is 7.76. The minimum Gasteiger partial charge on any atom is -0.285 e. The smallest absolute Gasteiger partial charge is 0.270 e. The summed E-state index contributed by atoms with van der Waals surface area (Å²) in [5, 5.41) is 0.801. The number of nitrogens with zero attached hydrogens (tertiary/aromatic N) is 2. The highest BCUT2D eigenvalue weighted by Crippen LogP contribution is 2.45. The zero-order chi connectivity index (χ0) is 21.9. The normalized spacial score (nSPS) is 17.5. The lowest BCUT2D eigenvalue weighted by Crippen LogP contribution is -2.47. The van der Waals surface area contributed by atoms with Crippen LogP contribution in [0.25, 0.3) is 10.9 Å². The summed E-state index contributed by atoms with van der Waals surface area (Å²) in [5.41, 5.74) is 1.62. The number of rotatable bonds is 3. The molecule has 0 saturated heterocycles. The van der Waals surface area contributed by atoms with Gasteiger partial charge in [-0.25, -0.2) is 4.39 Å². The van der Waals surface area contributed by atoms with Crippen LogP contribution in [-0.4, -0.2) is 29.2 Å². The molecule has 156 valence electrons. The Morgan fingerprint density at radius 1 is 1.00 bits per heavy atom. The van der Waals surface area contributed by atoms with Crippen molar-refractivity contribution < 1.29 is 17.4 Å². The first kappa shape index (κ1) is 20.6. The molecular formula is C23H23FN2O3S. The van der Waals surface area contributed by atoms with E-state index in [1.165, 1.54) is 6.07 Å². The largest absolute Gasteiger partial charge is 0.285 e. The van der Waals surface area contributed by atoms with Crippen LogP contribution in [0.1, 0.15) is 50.1 Å². The molecule has 2 heterocycles. The van der Waals surface area contributed by atoms with Crippen molar-refractivity contribution in [3.63, 3.8) is 0 Å². The van der Waals surface area contributed by atoms with Crippen molar-refractivity contribution in [2.24, 2.45) is 4.99 Å². The van der Waals surface area contributed by atoms with E-state index in [2.05, 4.69) is 4.98 Å². The van der Waals surface area contributed by atoms with Gasteiger partial charge in [0.05, 0.1) is 22.5 Å². The molecule has 0 aliphatic carbocycles. The molecule has 1 aliphatic heterocycles. The number of aromatic nitrogens is 1. The molecule has 2 aromatic carbocycles. The SMILES string of the molecule is CC1(C)N=C(c2cc3ccccc3nc2CS(=O)(=O)O)c2cccc(F)c2C1(C)C. The fourth-order valence-electron chi connectivity index (χ4n) is 3.99. The second-order valence-corrected chi connectivity index (χ2v) is 10.2. The van der Waals surface area contributed by atoms with Gasteiger partial charge in [0.15, 0.2) is 0 Å². The Kier molecular flexibility index (Phi) is 4.60. The van der Waals surface area contributed by atoms with E-state index in [0.717, 1.165) is 5.39 Å². The van der Waals surface area contributed by atoms with Gasteiger partial charge in [-0.3, -0.25) is 14.5 Å². The van der Waals surface area contributed by atoms with E-state index in [1.54, 1.807) is 24.3 Å². The first-order valence-electron chi connectivity index (χ1n) is 9.64. The van der Waals surface area contributed by atoms with Gasteiger partial charge in [-0.2, -0.15) is 8.42 Å². The average Bonchev–Trinajstić information content (AvgIpc) is 2.63. The average molecular weight is 427 g/mol. The Bertz CT molecular complexity index is 1310. The third-order valence-electron chi connectivity index (χ3n) is 6.19. The third kappa shape index (κ3) is 3.32. The van der Waals surface area contributed by atoms with Crippen molar-refractivity contribution in [3.8, 4) is 0 Å². The molecule has 0 fully saturated rings. The minimum atomic E-state index is -4.34. The van der Waals surface area contributed by atoms with E-state index in [9.17, 15) is 13.0 Å². The van der Waals surface area contributed by atoms with Crippen molar-refractivity contribution in [2.45, 2.75) is 44.4 Å². The van der Waals surface area contributed by atoms with Gasteiger partial charge in [0.2, 0.25) is 0 Å². The fraction of sp³-hybridized carbons (Fsp3) is 0.304. The monoisotopic (exact) mass is 426 g/mol. The zero-order valence-electron chi connectivity index (χ0n) is 17.3. The van der Waals surface area contributed by atoms with Gasteiger partial charge < -0.3 is 0 Å². The Labute approximate surface area is 175 Å². The summed E-state index contributed by atoms with van der Waals surface area (Å²) >= 11 is 0. The summed E-state index contributed by atoms with van der Waals surface area (Å²) in [6, 6.07) is 14.0. The molecular weight excluding hydrogens is 403 g/mol. The van der Waals surface area contributed by atoms with Crippen molar-refractivity contribution >= 4 is 26.7 Å². The molecule has 1 N–H and O–H groups in total. The van der Waals surface area contributed by atoms with E-state index in [-0.39, 0.29) is 11.5 Å². The number of pyridine rings is 1. The number of fused-ring (bicyclic) bond motifs is 2. The van der Waals surface area contributed by atoms with E-state index in [0.29, 0.717) is 27.9 Å². The zero-order valence-corrected chi connectivity index (χ0v) is 18.1. The molecule has 0 saturated carbocycles. The van der Waals surface area contributed by atoms with E-state index < -0.39 is 26.8 Å². The highest BCUT2D eigenvalue weighted by Gasteiger charge is 2.45. The maximum Gasteiger partial charge on any atom is 0.270 e. The minimum absolute atomic E-state index is 0.181. The quantitative estimate of drug-likeness (QED) is 0.617. The van der Waals surface area contributed by atoms with E-state index in [1.807, 2.05) is 45.9 Å². The molecule has 0 amide bonds. The van der Waals surface area contributed by atoms with E-state index >= 15 is 4.39 Å². The number of halogens is 1. The second kappa shape index (κ2) is 6.68. The van der Waals surface area contributed by atoms with Crippen molar-refractivity contribution in [1.82, 2.24) is 4.98 Å².